The molecule has 0 saturated carbocycles. The third-order valence-corrected chi connectivity index (χ3v) is 6.10. The molecule has 172 valence electrons. The van der Waals surface area contributed by atoms with Gasteiger partial charge in [-0.25, -0.2) is 0 Å². The first-order valence-electron chi connectivity index (χ1n) is 11.1. The van der Waals surface area contributed by atoms with Crippen molar-refractivity contribution < 1.29 is 4.74 Å². The number of halogens is 1. The summed E-state index contributed by atoms with van der Waals surface area (Å²) in [5, 5.41) is 8.28. The molecule has 6 nitrogen and oxygen atoms in total. The number of hydrogen-bond acceptors (Lipinski definition) is 3. The van der Waals surface area contributed by atoms with Crippen molar-refractivity contribution in [2.24, 2.45) is 10.9 Å². The number of aromatic nitrogens is 1. The lowest BCUT2D eigenvalue weighted by Gasteiger charge is -2.20. The zero-order valence-corrected chi connectivity index (χ0v) is 21.5. The van der Waals surface area contributed by atoms with Crippen LogP contribution in [0.1, 0.15) is 17.5 Å². The third-order valence-electron chi connectivity index (χ3n) is 6.10. The van der Waals surface area contributed by atoms with Gasteiger partial charge >= 0.3 is 0 Å². The smallest absolute Gasteiger partial charge is 0.190 e. The van der Waals surface area contributed by atoms with Crippen LogP contribution in [0.25, 0.3) is 10.9 Å². The second kappa shape index (κ2) is 11.4. The summed E-state index contributed by atoms with van der Waals surface area (Å²) in [6.45, 7) is 6.02. The summed E-state index contributed by atoms with van der Waals surface area (Å²) in [6, 6.07) is 14.9. The first-order chi connectivity index (χ1) is 15.2. The highest BCUT2D eigenvalue weighted by Gasteiger charge is 2.23. The van der Waals surface area contributed by atoms with Crippen LogP contribution in [0.3, 0.4) is 0 Å². The van der Waals surface area contributed by atoms with Crippen LogP contribution in [0.2, 0.25) is 0 Å². The molecule has 2 aromatic carbocycles. The van der Waals surface area contributed by atoms with Crippen LogP contribution in [-0.4, -0.2) is 51.3 Å². The molecule has 0 aliphatic carbocycles. The van der Waals surface area contributed by atoms with Crippen LogP contribution in [0, 0.1) is 12.8 Å². The number of fused-ring (bicyclic) bond motifs is 1. The van der Waals surface area contributed by atoms with E-state index in [0.717, 1.165) is 44.3 Å². The Hall–Kier alpha value is -2.42. The number of hydrogen-bond donors (Lipinski definition) is 3. The lowest BCUT2D eigenvalue weighted by atomic mass is 10.1. The van der Waals surface area contributed by atoms with E-state index in [0.29, 0.717) is 5.92 Å². The summed E-state index contributed by atoms with van der Waals surface area (Å²) in [4.78, 5) is 10.2. The predicted molar refractivity (Wildman–Crippen MR) is 145 cm³/mol. The maximum absolute atomic E-state index is 5.36. The van der Waals surface area contributed by atoms with Gasteiger partial charge in [0.25, 0.3) is 0 Å². The topological polar surface area (TPSA) is 64.7 Å². The van der Waals surface area contributed by atoms with E-state index >= 15 is 0 Å². The van der Waals surface area contributed by atoms with Crippen LogP contribution in [0.5, 0.6) is 5.75 Å². The SMILES string of the molecule is CN=C(NCCc1c[nH]c2cc(C)ccc12)NCC1CCN(c2cccc(OC)c2)C1.I. The van der Waals surface area contributed by atoms with E-state index in [4.69, 9.17) is 4.74 Å². The van der Waals surface area contributed by atoms with E-state index < -0.39 is 0 Å². The lowest BCUT2D eigenvalue weighted by molar-refractivity contribution is 0.415. The van der Waals surface area contributed by atoms with Crippen molar-refractivity contribution in [3.8, 4) is 5.75 Å². The van der Waals surface area contributed by atoms with Gasteiger partial charge in [0, 0.05) is 62.1 Å². The van der Waals surface area contributed by atoms with Gasteiger partial charge in [-0.1, -0.05) is 18.2 Å². The number of aromatic amines is 1. The largest absolute Gasteiger partial charge is 0.497 e. The number of H-pyrrole nitrogens is 1. The summed E-state index contributed by atoms with van der Waals surface area (Å²) in [5.41, 5.74) is 5.06. The number of aryl methyl sites for hydroxylation is 1. The first-order valence-corrected chi connectivity index (χ1v) is 11.1. The molecule has 2 heterocycles. The van der Waals surface area contributed by atoms with Gasteiger partial charge in [0.15, 0.2) is 5.96 Å². The molecule has 0 spiro atoms. The molecule has 1 aromatic heterocycles. The lowest BCUT2D eigenvalue weighted by Crippen LogP contribution is -2.41. The number of rotatable bonds is 7. The maximum atomic E-state index is 5.36. The average molecular weight is 547 g/mol. The number of nitrogens with zero attached hydrogens (tertiary/aromatic N) is 2. The fourth-order valence-corrected chi connectivity index (χ4v) is 4.33. The molecule has 1 atom stereocenters. The summed E-state index contributed by atoms with van der Waals surface area (Å²) in [6.07, 6.45) is 4.25. The normalized spacial score (nSPS) is 16.2. The minimum Gasteiger partial charge on any atom is -0.497 e. The molecule has 1 aliphatic rings. The molecule has 0 amide bonds. The van der Waals surface area contributed by atoms with Crippen molar-refractivity contribution in [2.75, 3.05) is 45.2 Å². The summed E-state index contributed by atoms with van der Waals surface area (Å²) in [7, 11) is 3.55. The molecule has 7 heteroatoms. The Balaban J connectivity index is 0.00000289. The van der Waals surface area contributed by atoms with Gasteiger partial charge in [-0.15, -0.1) is 24.0 Å². The Morgan fingerprint density at radius 3 is 2.91 bits per heavy atom. The van der Waals surface area contributed by atoms with Crippen molar-refractivity contribution >= 4 is 46.5 Å². The Bertz CT molecular complexity index is 1050. The van der Waals surface area contributed by atoms with Crippen LogP contribution in [-0.2, 0) is 6.42 Å². The average Bonchev–Trinajstić information content (AvgIpc) is 3.43. The number of methoxy groups -OCH3 is 1. The second-order valence-corrected chi connectivity index (χ2v) is 8.30. The van der Waals surface area contributed by atoms with Crippen LogP contribution >= 0.6 is 24.0 Å². The molecule has 0 radical (unpaired) electrons. The predicted octanol–water partition coefficient (Wildman–Crippen LogP) is 4.34. The van der Waals surface area contributed by atoms with E-state index in [9.17, 15) is 0 Å². The number of guanidine groups is 1. The van der Waals surface area contributed by atoms with Gasteiger partial charge in [-0.05, 0) is 55.0 Å². The molecular formula is C25H34IN5O. The third kappa shape index (κ3) is 5.88. The Kier molecular flexibility index (Phi) is 8.67. The quantitative estimate of drug-likeness (QED) is 0.234. The Labute approximate surface area is 207 Å². The van der Waals surface area contributed by atoms with Gasteiger partial charge in [-0.2, -0.15) is 0 Å². The standard InChI is InChI=1S/C25H33N5O.HI/c1-18-7-8-23-20(16-28-24(23)13-18)9-11-27-25(26-2)29-15-19-10-12-30(17-19)21-5-4-6-22(14-21)31-3;/h4-8,13-14,16,19,28H,9-12,15,17H2,1-3H3,(H2,26,27,29);1H. The van der Waals surface area contributed by atoms with Gasteiger partial charge in [-0.3, -0.25) is 4.99 Å². The Morgan fingerprint density at radius 2 is 2.09 bits per heavy atom. The fraction of sp³-hybridized carbons (Fsp3) is 0.400. The molecule has 4 rings (SSSR count). The van der Waals surface area contributed by atoms with E-state index in [1.165, 1.54) is 34.1 Å². The Morgan fingerprint density at radius 1 is 1.22 bits per heavy atom. The highest BCUT2D eigenvalue weighted by molar-refractivity contribution is 14.0. The van der Waals surface area contributed by atoms with Crippen molar-refractivity contribution in [1.29, 1.82) is 0 Å². The van der Waals surface area contributed by atoms with Crippen molar-refractivity contribution in [3.05, 3.63) is 59.8 Å². The molecular weight excluding hydrogens is 513 g/mol. The molecule has 1 saturated heterocycles. The van der Waals surface area contributed by atoms with Gasteiger partial charge < -0.3 is 25.3 Å². The van der Waals surface area contributed by atoms with Gasteiger partial charge in [0.1, 0.15) is 5.75 Å². The molecule has 3 aromatic rings. The zero-order chi connectivity index (χ0) is 21.6. The number of anilines is 1. The van der Waals surface area contributed by atoms with Gasteiger partial charge in [0.2, 0.25) is 0 Å². The summed E-state index contributed by atoms with van der Waals surface area (Å²) in [5.74, 6) is 2.38. The summed E-state index contributed by atoms with van der Waals surface area (Å²) >= 11 is 0. The molecule has 1 fully saturated rings. The number of ether oxygens (including phenoxy) is 1. The van der Waals surface area contributed by atoms with E-state index in [2.05, 4.69) is 75.0 Å². The van der Waals surface area contributed by atoms with Gasteiger partial charge in [0.05, 0.1) is 7.11 Å². The van der Waals surface area contributed by atoms with Crippen molar-refractivity contribution in [3.63, 3.8) is 0 Å². The number of benzene rings is 2. The zero-order valence-electron chi connectivity index (χ0n) is 19.1. The highest BCUT2D eigenvalue weighted by atomic mass is 127. The maximum Gasteiger partial charge on any atom is 0.190 e. The highest BCUT2D eigenvalue weighted by Crippen LogP contribution is 2.26. The molecule has 3 N–H and O–H groups in total. The molecule has 1 unspecified atom stereocenters. The van der Waals surface area contributed by atoms with Crippen LogP contribution in [0.4, 0.5) is 5.69 Å². The summed E-state index contributed by atoms with van der Waals surface area (Å²) < 4.78 is 5.36. The molecule has 1 aliphatic heterocycles. The fourth-order valence-electron chi connectivity index (χ4n) is 4.33. The van der Waals surface area contributed by atoms with Crippen molar-refractivity contribution in [1.82, 2.24) is 15.6 Å². The van der Waals surface area contributed by atoms with E-state index in [1.807, 2.05) is 13.1 Å². The van der Waals surface area contributed by atoms with E-state index in [-0.39, 0.29) is 24.0 Å². The van der Waals surface area contributed by atoms with E-state index in [1.54, 1.807) is 7.11 Å². The number of nitrogens with one attached hydrogen (secondary N) is 3. The molecule has 0 bridgehead atoms. The second-order valence-electron chi connectivity index (χ2n) is 8.30. The minimum atomic E-state index is 0. The van der Waals surface area contributed by atoms with Crippen LogP contribution < -0.4 is 20.3 Å². The van der Waals surface area contributed by atoms with Crippen LogP contribution in [0.15, 0.2) is 53.7 Å². The monoisotopic (exact) mass is 547 g/mol. The molecule has 32 heavy (non-hydrogen) atoms. The van der Waals surface area contributed by atoms with Crippen molar-refractivity contribution in [2.45, 2.75) is 19.8 Å². The minimum absolute atomic E-state index is 0. The first kappa shape index (κ1) is 24.2. The number of aliphatic imine (C=N–C) groups is 1.